The number of aromatic nitrogens is 4. The Hall–Kier alpha value is -3.42. The van der Waals surface area contributed by atoms with Crippen LogP contribution in [0.2, 0.25) is 0 Å². The van der Waals surface area contributed by atoms with E-state index in [1.54, 1.807) is 11.9 Å². The monoisotopic (exact) mass is 379 g/mol. The molecule has 0 aliphatic carbocycles. The van der Waals surface area contributed by atoms with Crippen molar-refractivity contribution in [2.24, 2.45) is 7.05 Å². The van der Waals surface area contributed by atoms with E-state index >= 15 is 0 Å². The molecule has 1 aromatic carbocycles. The third-order valence-corrected chi connectivity index (χ3v) is 5.05. The van der Waals surface area contributed by atoms with Crippen LogP contribution in [0.3, 0.4) is 0 Å². The van der Waals surface area contributed by atoms with Gasteiger partial charge >= 0.3 is 0 Å². The Morgan fingerprint density at radius 2 is 2.00 bits per heavy atom. The first-order chi connectivity index (χ1) is 13.6. The van der Waals surface area contributed by atoms with E-state index in [9.17, 15) is 9.59 Å². The molecule has 1 atom stereocenters. The van der Waals surface area contributed by atoms with Crippen molar-refractivity contribution in [3.8, 4) is 17.0 Å². The molecule has 1 amide bonds. The third kappa shape index (κ3) is 3.28. The van der Waals surface area contributed by atoms with E-state index in [-0.39, 0.29) is 17.5 Å². The second-order valence-electron chi connectivity index (χ2n) is 6.85. The van der Waals surface area contributed by atoms with Gasteiger partial charge in [0, 0.05) is 38.0 Å². The summed E-state index contributed by atoms with van der Waals surface area (Å²) in [6, 6.07) is 11.3. The molecule has 0 N–H and O–H groups in total. The van der Waals surface area contributed by atoms with Crippen LogP contribution in [0.5, 0.6) is 5.75 Å². The highest BCUT2D eigenvalue weighted by Gasteiger charge is 2.30. The lowest BCUT2D eigenvalue weighted by atomic mass is 10.2. The molecule has 28 heavy (non-hydrogen) atoms. The molecule has 0 spiro atoms. The van der Waals surface area contributed by atoms with Crippen molar-refractivity contribution in [2.75, 3.05) is 20.2 Å². The highest BCUT2D eigenvalue weighted by atomic mass is 16.5. The molecule has 1 aliphatic rings. The summed E-state index contributed by atoms with van der Waals surface area (Å²) < 4.78 is 8.45. The van der Waals surface area contributed by atoms with Gasteiger partial charge in [0.2, 0.25) is 0 Å². The number of carbonyl (C=O) groups excluding carboxylic acids is 1. The second-order valence-corrected chi connectivity index (χ2v) is 6.85. The highest BCUT2D eigenvalue weighted by Crippen LogP contribution is 2.26. The van der Waals surface area contributed by atoms with E-state index in [4.69, 9.17) is 4.74 Å². The number of ether oxygens (including phenoxy) is 1. The number of carbonyl (C=O) groups is 1. The minimum atomic E-state index is -0.219. The zero-order valence-electron chi connectivity index (χ0n) is 15.8. The zero-order chi connectivity index (χ0) is 19.7. The average Bonchev–Trinajstić information content (AvgIpc) is 3.39. The van der Waals surface area contributed by atoms with Crippen LogP contribution in [-0.4, -0.2) is 50.6 Å². The molecule has 3 aromatic rings. The minimum absolute atomic E-state index is 0.0624. The van der Waals surface area contributed by atoms with Gasteiger partial charge in [-0.25, -0.2) is 4.68 Å². The Labute approximate surface area is 162 Å². The van der Waals surface area contributed by atoms with Crippen LogP contribution in [-0.2, 0) is 7.05 Å². The Morgan fingerprint density at radius 1 is 1.21 bits per heavy atom. The largest absolute Gasteiger partial charge is 0.496 e. The fourth-order valence-electron chi connectivity index (χ4n) is 3.45. The van der Waals surface area contributed by atoms with Gasteiger partial charge in [0.15, 0.2) is 0 Å². The molecule has 0 saturated carbocycles. The second kappa shape index (κ2) is 7.30. The maximum absolute atomic E-state index is 13.0. The summed E-state index contributed by atoms with van der Waals surface area (Å²) in [6.45, 7) is 1.14. The normalized spacial score (nSPS) is 16.4. The summed E-state index contributed by atoms with van der Waals surface area (Å²) in [5.41, 5.74) is 1.98. The Bertz CT molecular complexity index is 1060. The van der Waals surface area contributed by atoms with Gasteiger partial charge in [0.25, 0.3) is 11.5 Å². The molecule has 2 aromatic heterocycles. The van der Waals surface area contributed by atoms with Crippen molar-refractivity contribution < 1.29 is 9.53 Å². The fraction of sp³-hybridized carbons (Fsp3) is 0.300. The number of aryl methyl sites for hydroxylation is 1. The quantitative estimate of drug-likeness (QED) is 0.690. The summed E-state index contributed by atoms with van der Waals surface area (Å²) >= 11 is 0. The predicted molar refractivity (Wildman–Crippen MR) is 103 cm³/mol. The molecule has 0 radical (unpaired) electrons. The van der Waals surface area contributed by atoms with Gasteiger partial charge in [0.1, 0.15) is 11.4 Å². The van der Waals surface area contributed by atoms with Crippen LogP contribution in [0.15, 0.2) is 53.6 Å². The number of likely N-dealkylation sites (tertiary alicyclic amines) is 1. The van der Waals surface area contributed by atoms with Gasteiger partial charge in [-0.15, -0.1) is 5.10 Å². The molecule has 1 aliphatic heterocycles. The predicted octanol–water partition coefficient (Wildman–Crippen LogP) is 1.74. The van der Waals surface area contributed by atoms with Crippen LogP contribution in [0.25, 0.3) is 11.3 Å². The standard InChI is InChI=1S/C20H21N5O3/c1-23-12-16(18(28-2)10-19(23)26)20(27)24-9-8-15(11-24)25-13-17(21-22-25)14-6-4-3-5-7-14/h3-7,10,12-13,15H,8-9,11H2,1-2H3/t15-/m0/s1. The Kier molecular flexibility index (Phi) is 4.68. The van der Waals surface area contributed by atoms with E-state index in [0.29, 0.717) is 24.4 Å². The first-order valence-electron chi connectivity index (χ1n) is 9.08. The maximum Gasteiger partial charge on any atom is 0.259 e. The molecule has 0 bridgehead atoms. The van der Waals surface area contributed by atoms with Gasteiger partial charge in [-0.2, -0.15) is 0 Å². The number of methoxy groups -OCH3 is 1. The van der Waals surface area contributed by atoms with Crippen molar-refractivity contribution in [1.29, 1.82) is 0 Å². The molecule has 4 rings (SSSR count). The van der Waals surface area contributed by atoms with Gasteiger partial charge in [-0.3, -0.25) is 9.59 Å². The van der Waals surface area contributed by atoms with E-state index < -0.39 is 0 Å². The van der Waals surface area contributed by atoms with Crippen molar-refractivity contribution in [3.05, 3.63) is 64.7 Å². The minimum Gasteiger partial charge on any atom is -0.496 e. The number of benzene rings is 1. The molecule has 144 valence electrons. The van der Waals surface area contributed by atoms with Crippen LogP contribution >= 0.6 is 0 Å². The lowest BCUT2D eigenvalue weighted by molar-refractivity contribution is 0.0782. The van der Waals surface area contributed by atoms with E-state index in [1.807, 2.05) is 41.2 Å². The number of pyridine rings is 1. The van der Waals surface area contributed by atoms with E-state index in [2.05, 4.69) is 10.3 Å². The molecule has 1 fully saturated rings. The number of hydrogen-bond donors (Lipinski definition) is 0. The number of rotatable bonds is 4. The average molecular weight is 379 g/mol. The van der Waals surface area contributed by atoms with E-state index in [1.165, 1.54) is 23.9 Å². The van der Waals surface area contributed by atoms with Crippen LogP contribution in [0, 0.1) is 0 Å². The number of nitrogens with zero attached hydrogens (tertiary/aromatic N) is 5. The maximum atomic E-state index is 13.0. The van der Waals surface area contributed by atoms with Gasteiger partial charge in [0.05, 0.1) is 24.9 Å². The number of hydrogen-bond acceptors (Lipinski definition) is 5. The molecule has 3 heterocycles. The van der Waals surface area contributed by atoms with Gasteiger partial charge in [-0.05, 0) is 6.42 Å². The Morgan fingerprint density at radius 3 is 2.75 bits per heavy atom. The molecule has 1 saturated heterocycles. The molecular formula is C20H21N5O3. The molecule has 8 heteroatoms. The van der Waals surface area contributed by atoms with E-state index in [0.717, 1.165) is 17.7 Å². The van der Waals surface area contributed by atoms with Crippen LogP contribution in [0.1, 0.15) is 22.8 Å². The van der Waals surface area contributed by atoms with Crippen molar-refractivity contribution >= 4 is 5.91 Å². The topological polar surface area (TPSA) is 82.2 Å². The summed E-state index contributed by atoms with van der Waals surface area (Å²) in [6.07, 6.45) is 4.23. The lowest BCUT2D eigenvalue weighted by Crippen LogP contribution is -2.31. The third-order valence-electron chi connectivity index (χ3n) is 5.05. The highest BCUT2D eigenvalue weighted by molar-refractivity contribution is 5.96. The van der Waals surface area contributed by atoms with Crippen LogP contribution < -0.4 is 10.3 Å². The summed E-state index contributed by atoms with van der Waals surface area (Å²) in [5.74, 6) is 0.141. The zero-order valence-corrected chi connectivity index (χ0v) is 15.8. The Balaban J connectivity index is 1.52. The fourth-order valence-corrected chi connectivity index (χ4v) is 3.45. The first kappa shape index (κ1) is 18.0. The number of amides is 1. The molecule has 0 unspecified atom stereocenters. The van der Waals surface area contributed by atoms with Crippen molar-refractivity contribution in [2.45, 2.75) is 12.5 Å². The first-order valence-corrected chi connectivity index (χ1v) is 9.08. The van der Waals surface area contributed by atoms with Gasteiger partial charge < -0.3 is 14.2 Å². The van der Waals surface area contributed by atoms with Crippen LogP contribution in [0.4, 0.5) is 0 Å². The summed E-state index contributed by atoms with van der Waals surface area (Å²) in [4.78, 5) is 26.5. The summed E-state index contributed by atoms with van der Waals surface area (Å²) in [7, 11) is 3.07. The molecular weight excluding hydrogens is 358 g/mol. The van der Waals surface area contributed by atoms with Crippen molar-refractivity contribution in [1.82, 2.24) is 24.5 Å². The summed E-state index contributed by atoms with van der Waals surface area (Å²) in [5, 5.41) is 8.52. The smallest absolute Gasteiger partial charge is 0.259 e. The van der Waals surface area contributed by atoms with Gasteiger partial charge in [-0.1, -0.05) is 35.5 Å². The lowest BCUT2D eigenvalue weighted by Gasteiger charge is -2.18. The van der Waals surface area contributed by atoms with Crippen molar-refractivity contribution in [3.63, 3.8) is 0 Å². The SMILES string of the molecule is COc1cc(=O)n(C)cc1C(=O)N1CC[C@H](n2cc(-c3ccccc3)nn2)C1. The molecule has 8 nitrogen and oxygen atoms in total.